The van der Waals surface area contributed by atoms with Crippen LogP contribution in [-0.2, 0) is 6.42 Å². The van der Waals surface area contributed by atoms with Gasteiger partial charge in [0.1, 0.15) is 0 Å². The number of hydrogen-bond donors (Lipinski definition) is 1. The zero-order valence-corrected chi connectivity index (χ0v) is 14.4. The van der Waals surface area contributed by atoms with Crippen molar-refractivity contribution in [3.8, 4) is 11.1 Å². The molecule has 0 amide bonds. The van der Waals surface area contributed by atoms with Crippen LogP contribution in [0.5, 0.6) is 0 Å². The van der Waals surface area contributed by atoms with E-state index in [-0.39, 0.29) is 17.0 Å². The van der Waals surface area contributed by atoms with Crippen LogP contribution in [0.2, 0.25) is 0 Å². The Balaban J connectivity index is 0.00000161. The van der Waals surface area contributed by atoms with E-state index < -0.39 is 0 Å². The van der Waals surface area contributed by atoms with Gasteiger partial charge in [0.25, 0.3) is 0 Å². The Morgan fingerprint density at radius 2 is 1.52 bits per heavy atom. The van der Waals surface area contributed by atoms with E-state index in [1.54, 1.807) is 0 Å². The number of rotatable bonds is 3. The summed E-state index contributed by atoms with van der Waals surface area (Å²) in [7, 11) is 0. The van der Waals surface area contributed by atoms with Crippen molar-refractivity contribution in [3.63, 3.8) is 0 Å². The first-order chi connectivity index (χ1) is 9.84. The van der Waals surface area contributed by atoms with Crippen molar-refractivity contribution in [1.29, 1.82) is 0 Å². The van der Waals surface area contributed by atoms with Crippen molar-refractivity contribution in [2.75, 3.05) is 13.1 Å². The van der Waals surface area contributed by atoms with E-state index in [0.29, 0.717) is 0 Å². The Bertz CT molecular complexity index is 573. The lowest BCUT2D eigenvalue weighted by Crippen LogP contribution is -2.28. The van der Waals surface area contributed by atoms with Gasteiger partial charge in [-0.1, -0.05) is 48.5 Å². The van der Waals surface area contributed by atoms with Crippen molar-refractivity contribution in [2.24, 2.45) is 5.92 Å². The van der Waals surface area contributed by atoms with Crippen LogP contribution in [0, 0.1) is 12.8 Å². The first-order valence-electron chi connectivity index (χ1n) is 7.69. The topological polar surface area (TPSA) is 12.0 Å². The third-order valence-electron chi connectivity index (χ3n) is 4.42. The van der Waals surface area contributed by atoms with Gasteiger partial charge in [-0.15, -0.1) is 17.0 Å². The predicted molar refractivity (Wildman–Crippen MR) is 96.2 cm³/mol. The Kier molecular flexibility index (Phi) is 6.01. The maximum Gasteiger partial charge on any atom is -0.00462 e. The van der Waals surface area contributed by atoms with Gasteiger partial charge in [0, 0.05) is 0 Å². The summed E-state index contributed by atoms with van der Waals surface area (Å²) in [6, 6.07) is 17.6. The second-order valence-electron chi connectivity index (χ2n) is 5.87. The predicted octanol–water partition coefficient (Wildman–Crippen LogP) is 4.78. The Hall–Kier alpha value is -1.12. The standard InChI is InChI=1S/C19H23N.BrH/c1-15-6-2-4-8-18(15)19-9-5-3-7-17(19)14-16-10-12-20-13-11-16;/h2-9,16,20H,10-14H2,1H3;1H. The lowest BCUT2D eigenvalue weighted by molar-refractivity contribution is 0.373. The molecule has 0 aliphatic carbocycles. The lowest BCUT2D eigenvalue weighted by Gasteiger charge is -2.24. The average molecular weight is 346 g/mol. The van der Waals surface area contributed by atoms with Crippen LogP contribution in [0.15, 0.2) is 48.5 Å². The fourth-order valence-electron chi connectivity index (χ4n) is 3.23. The number of aryl methyl sites for hydroxylation is 1. The molecule has 1 aliphatic heterocycles. The van der Waals surface area contributed by atoms with Gasteiger partial charge in [-0.25, -0.2) is 0 Å². The van der Waals surface area contributed by atoms with Crippen LogP contribution >= 0.6 is 17.0 Å². The molecule has 0 bridgehead atoms. The summed E-state index contributed by atoms with van der Waals surface area (Å²) >= 11 is 0. The van der Waals surface area contributed by atoms with Gasteiger partial charge >= 0.3 is 0 Å². The van der Waals surface area contributed by atoms with Crippen molar-refractivity contribution in [3.05, 3.63) is 59.7 Å². The molecule has 21 heavy (non-hydrogen) atoms. The van der Waals surface area contributed by atoms with Crippen LogP contribution in [0.4, 0.5) is 0 Å². The normalized spacial score (nSPS) is 15.5. The Morgan fingerprint density at radius 1 is 0.905 bits per heavy atom. The summed E-state index contributed by atoms with van der Waals surface area (Å²) in [6.45, 7) is 4.56. The van der Waals surface area contributed by atoms with Crippen molar-refractivity contribution in [1.82, 2.24) is 5.32 Å². The van der Waals surface area contributed by atoms with Gasteiger partial charge in [0.2, 0.25) is 0 Å². The van der Waals surface area contributed by atoms with Crippen molar-refractivity contribution >= 4 is 17.0 Å². The number of nitrogens with one attached hydrogen (secondary N) is 1. The molecule has 2 aromatic carbocycles. The monoisotopic (exact) mass is 345 g/mol. The molecule has 0 unspecified atom stereocenters. The molecule has 0 saturated carbocycles. The van der Waals surface area contributed by atoms with E-state index in [9.17, 15) is 0 Å². The highest BCUT2D eigenvalue weighted by atomic mass is 79.9. The van der Waals surface area contributed by atoms with E-state index in [1.807, 2.05) is 0 Å². The molecule has 1 aliphatic rings. The van der Waals surface area contributed by atoms with Gasteiger partial charge in [0.15, 0.2) is 0 Å². The molecular formula is C19H24BrN. The van der Waals surface area contributed by atoms with E-state index in [2.05, 4.69) is 60.8 Å². The minimum absolute atomic E-state index is 0. The smallest absolute Gasteiger partial charge is 0.00462 e. The van der Waals surface area contributed by atoms with E-state index in [0.717, 1.165) is 5.92 Å². The minimum Gasteiger partial charge on any atom is -0.317 e. The zero-order valence-electron chi connectivity index (χ0n) is 12.6. The highest BCUT2D eigenvalue weighted by Crippen LogP contribution is 2.29. The summed E-state index contributed by atoms with van der Waals surface area (Å²) in [6.07, 6.45) is 3.83. The fourth-order valence-corrected chi connectivity index (χ4v) is 3.23. The molecule has 1 nitrogen and oxygen atoms in total. The number of halogens is 1. The molecular weight excluding hydrogens is 322 g/mol. The van der Waals surface area contributed by atoms with Crippen molar-refractivity contribution in [2.45, 2.75) is 26.2 Å². The van der Waals surface area contributed by atoms with Crippen LogP contribution in [0.25, 0.3) is 11.1 Å². The molecule has 1 N–H and O–H groups in total. The van der Waals surface area contributed by atoms with Crippen LogP contribution < -0.4 is 5.32 Å². The highest BCUT2D eigenvalue weighted by Gasteiger charge is 2.16. The Morgan fingerprint density at radius 3 is 2.24 bits per heavy atom. The summed E-state index contributed by atoms with van der Waals surface area (Å²) in [4.78, 5) is 0. The van der Waals surface area contributed by atoms with E-state index >= 15 is 0 Å². The molecule has 2 heteroatoms. The molecule has 3 rings (SSSR count). The molecule has 1 saturated heterocycles. The fraction of sp³-hybridized carbons (Fsp3) is 0.368. The third-order valence-corrected chi connectivity index (χ3v) is 4.42. The molecule has 0 aromatic heterocycles. The molecule has 1 heterocycles. The lowest BCUT2D eigenvalue weighted by atomic mass is 9.86. The molecule has 2 aromatic rings. The van der Waals surface area contributed by atoms with Gasteiger partial charge in [-0.2, -0.15) is 0 Å². The second kappa shape index (κ2) is 7.77. The van der Waals surface area contributed by atoms with Gasteiger partial charge < -0.3 is 5.32 Å². The third kappa shape index (κ3) is 3.96. The van der Waals surface area contributed by atoms with Gasteiger partial charge in [-0.3, -0.25) is 0 Å². The average Bonchev–Trinajstić information content (AvgIpc) is 2.50. The minimum atomic E-state index is 0. The summed E-state index contributed by atoms with van der Waals surface area (Å²) in [5.74, 6) is 0.835. The summed E-state index contributed by atoms with van der Waals surface area (Å²) in [5.41, 5.74) is 5.68. The zero-order chi connectivity index (χ0) is 13.8. The van der Waals surface area contributed by atoms with Crippen molar-refractivity contribution < 1.29 is 0 Å². The van der Waals surface area contributed by atoms with E-state index in [1.165, 1.54) is 54.6 Å². The maximum atomic E-state index is 3.46. The summed E-state index contributed by atoms with van der Waals surface area (Å²) in [5, 5.41) is 3.46. The molecule has 1 fully saturated rings. The molecule has 0 spiro atoms. The molecule has 0 atom stereocenters. The number of benzene rings is 2. The highest BCUT2D eigenvalue weighted by molar-refractivity contribution is 8.93. The Labute approximate surface area is 138 Å². The second-order valence-corrected chi connectivity index (χ2v) is 5.87. The first kappa shape index (κ1) is 16.3. The van der Waals surface area contributed by atoms with Gasteiger partial charge in [0.05, 0.1) is 0 Å². The molecule has 0 radical (unpaired) electrons. The first-order valence-corrected chi connectivity index (χ1v) is 7.69. The largest absolute Gasteiger partial charge is 0.317 e. The van der Waals surface area contributed by atoms with E-state index in [4.69, 9.17) is 0 Å². The van der Waals surface area contributed by atoms with Crippen LogP contribution in [0.3, 0.4) is 0 Å². The number of piperidine rings is 1. The molecule has 112 valence electrons. The quantitative estimate of drug-likeness (QED) is 0.843. The van der Waals surface area contributed by atoms with Crippen LogP contribution in [0.1, 0.15) is 24.0 Å². The number of hydrogen-bond acceptors (Lipinski definition) is 1. The van der Waals surface area contributed by atoms with Crippen LogP contribution in [-0.4, -0.2) is 13.1 Å². The maximum absolute atomic E-state index is 3.46. The SMILES string of the molecule is Br.Cc1ccccc1-c1ccccc1CC1CCNCC1. The van der Waals surface area contributed by atoms with Gasteiger partial charge in [-0.05, 0) is 67.4 Å². The summed E-state index contributed by atoms with van der Waals surface area (Å²) < 4.78 is 0.